The number of nitrogens with one attached hydrogen (secondary N) is 1. The molecule has 9 heteroatoms. The molecule has 3 aromatic rings. The molecule has 0 bridgehead atoms. The van der Waals surface area contributed by atoms with Crippen LogP contribution >= 0.6 is 22.7 Å². The maximum absolute atomic E-state index is 12.6. The lowest BCUT2D eigenvalue weighted by molar-refractivity contribution is -0.133. The average Bonchev–Trinajstić information content (AvgIpc) is 3.44. The molecule has 1 N–H and O–H groups in total. The number of carbonyl (C=O) groups excluding carboxylic acids is 2. The first-order chi connectivity index (χ1) is 13.6. The van der Waals surface area contributed by atoms with Crippen molar-refractivity contribution in [2.24, 2.45) is 5.92 Å². The summed E-state index contributed by atoms with van der Waals surface area (Å²) in [6.45, 7) is 2.94. The van der Waals surface area contributed by atoms with E-state index in [1.165, 1.54) is 0 Å². The number of thiazole rings is 1. The Morgan fingerprint density at radius 2 is 2.14 bits per heavy atom. The Bertz CT molecular complexity index is 956. The number of thiophene rings is 1. The third kappa shape index (κ3) is 4.31. The molecule has 7 nitrogen and oxygen atoms in total. The second kappa shape index (κ2) is 8.24. The predicted octanol–water partition coefficient (Wildman–Crippen LogP) is 3.59. The van der Waals surface area contributed by atoms with Crippen LogP contribution in [0.2, 0.25) is 0 Å². The van der Waals surface area contributed by atoms with E-state index in [0.717, 1.165) is 16.3 Å². The van der Waals surface area contributed by atoms with Gasteiger partial charge in [-0.05, 0) is 31.2 Å². The second-order valence-electron chi connectivity index (χ2n) is 6.80. The van der Waals surface area contributed by atoms with E-state index in [9.17, 15) is 9.59 Å². The molecular weight excluding hydrogens is 396 g/mol. The quantitative estimate of drug-likeness (QED) is 0.687. The summed E-state index contributed by atoms with van der Waals surface area (Å²) in [6.07, 6.45) is 1.59. The van der Waals surface area contributed by atoms with Crippen LogP contribution in [-0.2, 0) is 16.0 Å². The molecule has 1 fully saturated rings. The Balaban J connectivity index is 1.27. The Labute approximate surface area is 170 Å². The van der Waals surface area contributed by atoms with Crippen LogP contribution in [0.25, 0.3) is 10.6 Å². The number of carbonyl (C=O) groups is 2. The first-order valence-electron chi connectivity index (χ1n) is 9.07. The molecule has 2 amide bonds. The van der Waals surface area contributed by atoms with Crippen LogP contribution in [0.3, 0.4) is 0 Å². The molecule has 0 atom stereocenters. The largest absolute Gasteiger partial charge is 0.360 e. The zero-order chi connectivity index (χ0) is 19.5. The molecular formula is C19H20N4O3S2. The molecule has 4 rings (SSSR count). The molecule has 1 aliphatic heterocycles. The number of rotatable bonds is 5. The normalized spacial score (nSPS) is 15.0. The van der Waals surface area contributed by atoms with Gasteiger partial charge in [0.05, 0.1) is 12.1 Å². The van der Waals surface area contributed by atoms with Crippen molar-refractivity contribution in [3.05, 3.63) is 39.7 Å². The summed E-state index contributed by atoms with van der Waals surface area (Å²) in [5.74, 6) is 0.963. The Kier molecular flexibility index (Phi) is 5.54. The van der Waals surface area contributed by atoms with Crippen LogP contribution in [0.1, 0.15) is 24.3 Å². The van der Waals surface area contributed by atoms with Gasteiger partial charge in [0.1, 0.15) is 10.8 Å². The van der Waals surface area contributed by atoms with Crippen LogP contribution in [0.4, 0.5) is 5.82 Å². The van der Waals surface area contributed by atoms with E-state index >= 15 is 0 Å². The van der Waals surface area contributed by atoms with Crippen LogP contribution in [0.15, 0.2) is 32.8 Å². The van der Waals surface area contributed by atoms with Crippen LogP contribution in [-0.4, -0.2) is 39.9 Å². The van der Waals surface area contributed by atoms with Crippen molar-refractivity contribution in [3.8, 4) is 10.6 Å². The fraction of sp³-hybridized carbons (Fsp3) is 0.368. The molecule has 0 aromatic carbocycles. The van der Waals surface area contributed by atoms with Gasteiger partial charge in [0, 0.05) is 41.4 Å². The van der Waals surface area contributed by atoms with Gasteiger partial charge >= 0.3 is 0 Å². The van der Waals surface area contributed by atoms with Crippen molar-refractivity contribution in [1.82, 2.24) is 15.0 Å². The van der Waals surface area contributed by atoms with Gasteiger partial charge in [-0.2, -0.15) is 11.3 Å². The van der Waals surface area contributed by atoms with E-state index in [1.807, 2.05) is 21.7 Å². The number of amides is 2. The highest BCUT2D eigenvalue weighted by Crippen LogP contribution is 2.26. The summed E-state index contributed by atoms with van der Waals surface area (Å²) in [5.41, 5.74) is 1.90. The summed E-state index contributed by atoms with van der Waals surface area (Å²) in [7, 11) is 0. The number of aromatic nitrogens is 2. The molecule has 28 heavy (non-hydrogen) atoms. The predicted molar refractivity (Wildman–Crippen MR) is 108 cm³/mol. The van der Waals surface area contributed by atoms with Gasteiger partial charge in [-0.1, -0.05) is 5.16 Å². The molecule has 4 heterocycles. The van der Waals surface area contributed by atoms with E-state index in [1.54, 1.807) is 35.7 Å². The summed E-state index contributed by atoms with van der Waals surface area (Å²) in [4.78, 5) is 31.4. The maximum Gasteiger partial charge on any atom is 0.228 e. The summed E-state index contributed by atoms with van der Waals surface area (Å²) in [6, 6.07) is 3.72. The fourth-order valence-electron chi connectivity index (χ4n) is 3.22. The van der Waals surface area contributed by atoms with Crippen molar-refractivity contribution in [3.63, 3.8) is 0 Å². The number of hydrogen-bond acceptors (Lipinski definition) is 7. The highest BCUT2D eigenvalue weighted by molar-refractivity contribution is 7.14. The molecule has 146 valence electrons. The van der Waals surface area contributed by atoms with Gasteiger partial charge in [0.15, 0.2) is 5.82 Å². The van der Waals surface area contributed by atoms with E-state index in [4.69, 9.17) is 4.52 Å². The van der Waals surface area contributed by atoms with Crippen molar-refractivity contribution in [2.45, 2.75) is 26.2 Å². The van der Waals surface area contributed by atoms with Crippen molar-refractivity contribution < 1.29 is 14.1 Å². The lowest BCUT2D eigenvalue weighted by atomic mass is 9.95. The van der Waals surface area contributed by atoms with Gasteiger partial charge in [0.25, 0.3) is 0 Å². The molecule has 0 unspecified atom stereocenters. The van der Waals surface area contributed by atoms with Gasteiger partial charge in [-0.15, -0.1) is 11.3 Å². The number of piperidine rings is 1. The van der Waals surface area contributed by atoms with Crippen LogP contribution in [0.5, 0.6) is 0 Å². The molecule has 0 saturated carbocycles. The van der Waals surface area contributed by atoms with Crippen molar-refractivity contribution in [2.75, 3.05) is 18.4 Å². The topological polar surface area (TPSA) is 88.3 Å². The summed E-state index contributed by atoms with van der Waals surface area (Å²) in [5, 5.41) is 13.5. The van der Waals surface area contributed by atoms with E-state index in [2.05, 4.69) is 20.8 Å². The molecule has 0 radical (unpaired) electrons. The first kappa shape index (κ1) is 18.8. The standard InChI is InChI=1S/C19H20N4O3S2/c1-12-8-16(22-26-12)21-18(25)13-2-5-23(6-3-13)17(24)9-15-11-28-19(20-15)14-4-7-27-10-14/h4,7-8,10-11,13H,2-3,5-6,9H2,1H3,(H,21,22,25). The molecule has 0 spiro atoms. The third-order valence-corrected chi connectivity index (χ3v) is 6.37. The lowest BCUT2D eigenvalue weighted by Crippen LogP contribution is -2.42. The molecule has 1 aliphatic rings. The zero-order valence-electron chi connectivity index (χ0n) is 15.4. The van der Waals surface area contributed by atoms with E-state index in [-0.39, 0.29) is 17.7 Å². The van der Waals surface area contributed by atoms with Crippen molar-refractivity contribution >= 4 is 40.3 Å². The number of anilines is 1. The van der Waals surface area contributed by atoms with Crippen molar-refractivity contribution in [1.29, 1.82) is 0 Å². The molecule has 0 aliphatic carbocycles. The first-order valence-corrected chi connectivity index (χ1v) is 10.9. The van der Waals surface area contributed by atoms with Gasteiger partial charge in [-0.25, -0.2) is 4.98 Å². The molecule has 1 saturated heterocycles. The zero-order valence-corrected chi connectivity index (χ0v) is 17.0. The Morgan fingerprint density at radius 3 is 2.82 bits per heavy atom. The minimum atomic E-state index is -0.120. The highest BCUT2D eigenvalue weighted by atomic mass is 32.1. The SMILES string of the molecule is Cc1cc(NC(=O)C2CCN(C(=O)Cc3csc(-c4ccsc4)n3)CC2)no1. The second-order valence-corrected chi connectivity index (χ2v) is 8.44. The van der Waals surface area contributed by atoms with E-state index in [0.29, 0.717) is 43.9 Å². The lowest BCUT2D eigenvalue weighted by Gasteiger charge is -2.31. The number of nitrogens with zero attached hydrogens (tertiary/aromatic N) is 3. The summed E-state index contributed by atoms with van der Waals surface area (Å²) < 4.78 is 4.96. The number of aryl methyl sites for hydroxylation is 1. The Hall–Kier alpha value is -2.52. The van der Waals surface area contributed by atoms with Crippen LogP contribution in [0, 0.1) is 12.8 Å². The van der Waals surface area contributed by atoms with Crippen LogP contribution < -0.4 is 5.32 Å². The Morgan fingerprint density at radius 1 is 1.32 bits per heavy atom. The fourth-order valence-corrected chi connectivity index (χ4v) is 4.75. The smallest absolute Gasteiger partial charge is 0.228 e. The number of likely N-dealkylation sites (tertiary alicyclic amines) is 1. The van der Waals surface area contributed by atoms with Gasteiger partial charge in [0.2, 0.25) is 11.8 Å². The highest BCUT2D eigenvalue weighted by Gasteiger charge is 2.28. The summed E-state index contributed by atoms with van der Waals surface area (Å²) >= 11 is 3.20. The minimum Gasteiger partial charge on any atom is -0.360 e. The van der Waals surface area contributed by atoms with E-state index < -0.39 is 0 Å². The average molecular weight is 417 g/mol. The molecule has 3 aromatic heterocycles. The number of hydrogen-bond donors (Lipinski definition) is 1. The monoisotopic (exact) mass is 416 g/mol. The minimum absolute atomic E-state index is 0.0631. The maximum atomic E-state index is 12.6. The van der Waals surface area contributed by atoms with Gasteiger partial charge in [-0.3, -0.25) is 9.59 Å². The van der Waals surface area contributed by atoms with Gasteiger partial charge < -0.3 is 14.7 Å². The third-order valence-electron chi connectivity index (χ3n) is 4.75.